The average molecular weight is 374 g/mol. The van der Waals surface area contributed by atoms with Gasteiger partial charge in [0.2, 0.25) is 5.91 Å². The highest BCUT2D eigenvalue weighted by atomic mass is 16.6. The highest BCUT2D eigenvalue weighted by Crippen LogP contribution is 2.23. The summed E-state index contributed by atoms with van der Waals surface area (Å²) in [4.78, 5) is 39.9. The maximum Gasteiger partial charge on any atom is 0.409 e. The van der Waals surface area contributed by atoms with Crippen LogP contribution in [0.1, 0.15) is 18.1 Å². The number of hydrogen-bond acceptors (Lipinski definition) is 6. The van der Waals surface area contributed by atoms with Crippen molar-refractivity contribution in [3.63, 3.8) is 0 Å². The standard InChI is InChI=1S/C19H22N2O6/c1-3-26-19(25)21-8-6-20(7-9-21)17(23)11-15-12(2)14-5-4-13(22)10-16(14)27-18(15)24/h4-5,10,22H,3,6-9,11H2,1-2H3. The highest BCUT2D eigenvalue weighted by molar-refractivity contribution is 5.85. The van der Waals surface area contributed by atoms with Gasteiger partial charge in [0.15, 0.2) is 0 Å². The van der Waals surface area contributed by atoms with Gasteiger partial charge in [-0.3, -0.25) is 4.79 Å². The Morgan fingerprint density at radius 3 is 2.52 bits per heavy atom. The molecule has 1 fully saturated rings. The Morgan fingerprint density at radius 1 is 1.19 bits per heavy atom. The minimum atomic E-state index is -0.580. The van der Waals surface area contributed by atoms with Crippen molar-refractivity contribution in [2.75, 3.05) is 32.8 Å². The number of ether oxygens (including phenoxy) is 1. The molecule has 1 aromatic carbocycles. The zero-order valence-corrected chi connectivity index (χ0v) is 15.4. The fraction of sp³-hybridized carbons (Fsp3) is 0.421. The van der Waals surface area contributed by atoms with Crippen LogP contribution in [0.25, 0.3) is 11.0 Å². The third-order valence-corrected chi connectivity index (χ3v) is 4.76. The lowest BCUT2D eigenvalue weighted by Gasteiger charge is -2.34. The Morgan fingerprint density at radius 2 is 1.85 bits per heavy atom. The molecule has 3 rings (SSSR count). The molecule has 8 heteroatoms. The molecule has 0 spiro atoms. The van der Waals surface area contributed by atoms with Crippen LogP contribution < -0.4 is 5.63 Å². The molecule has 1 aromatic heterocycles. The lowest BCUT2D eigenvalue weighted by Crippen LogP contribution is -2.51. The number of carbonyl (C=O) groups is 2. The number of nitrogens with zero attached hydrogens (tertiary/aromatic N) is 2. The van der Waals surface area contributed by atoms with Crippen LogP contribution in [-0.2, 0) is 16.0 Å². The first kappa shape index (κ1) is 18.8. The number of rotatable bonds is 3. The summed E-state index contributed by atoms with van der Waals surface area (Å²) in [6.45, 7) is 5.40. The van der Waals surface area contributed by atoms with Gasteiger partial charge in [-0.2, -0.15) is 0 Å². The first-order valence-corrected chi connectivity index (χ1v) is 8.85. The number of benzene rings is 1. The topological polar surface area (TPSA) is 100 Å². The third-order valence-electron chi connectivity index (χ3n) is 4.76. The first-order valence-electron chi connectivity index (χ1n) is 8.85. The van der Waals surface area contributed by atoms with E-state index in [1.54, 1.807) is 29.7 Å². The average Bonchev–Trinajstić information content (AvgIpc) is 2.65. The van der Waals surface area contributed by atoms with Gasteiger partial charge in [0, 0.05) is 37.6 Å². The smallest absolute Gasteiger partial charge is 0.409 e. The maximum atomic E-state index is 12.6. The molecule has 1 saturated heterocycles. The predicted molar refractivity (Wildman–Crippen MR) is 97.8 cm³/mol. The zero-order chi connectivity index (χ0) is 19.6. The third kappa shape index (κ3) is 3.89. The Bertz CT molecular complexity index is 928. The summed E-state index contributed by atoms with van der Waals surface area (Å²) in [6, 6.07) is 4.55. The summed E-state index contributed by atoms with van der Waals surface area (Å²) in [5.74, 6) is -0.180. The number of piperazine rings is 1. The molecular formula is C19H22N2O6. The van der Waals surface area contributed by atoms with Gasteiger partial charge in [0.1, 0.15) is 11.3 Å². The molecule has 144 valence electrons. The normalized spacial score (nSPS) is 14.4. The van der Waals surface area contributed by atoms with Crippen LogP contribution in [-0.4, -0.2) is 59.7 Å². The summed E-state index contributed by atoms with van der Waals surface area (Å²) in [5.41, 5.74) is 0.687. The molecule has 2 aromatic rings. The van der Waals surface area contributed by atoms with E-state index in [2.05, 4.69) is 0 Å². The van der Waals surface area contributed by atoms with Crippen LogP contribution >= 0.6 is 0 Å². The van der Waals surface area contributed by atoms with Crippen LogP contribution in [0.5, 0.6) is 5.75 Å². The number of phenolic OH excluding ortho intramolecular Hbond substituents is 1. The Labute approximate surface area is 155 Å². The lowest BCUT2D eigenvalue weighted by atomic mass is 10.0. The minimum absolute atomic E-state index is 0.00773. The van der Waals surface area contributed by atoms with Crippen LogP contribution in [0.2, 0.25) is 0 Å². The molecule has 0 atom stereocenters. The van der Waals surface area contributed by atoms with Gasteiger partial charge in [-0.1, -0.05) is 0 Å². The predicted octanol–water partition coefficient (Wildman–Crippen LogP) is 1.65. The zero-order valence-electron chi connectivity index (χ0n) is 15.4. The number of carbonyl (C=O) groups excluding carboxylic acids is 2. The Hall–Kier alpha value is -3.03. The number of fused-ring (bicyclic) bond motifs is 1. The SMILES string of the molecule is CCOC(=O)N1CCN(C(=O)Cc2c(C)c3ccc(O)cc3oc2=O)CC1. The van der Waals surface area contributed by atoms with Crippen molar-refractivity contribution < 1.29 is 23.8 Å². The van der Waals surface area contributed by atoms with Crippen LogP contribution in [0.15, 0.2) is 27.4 Å². The van der Waals surface area contributed by atoms with Gasteiger partial charge in [0.25, 0.3) is 0 Å². The molecule has 0 aliphatic carbocycles. The van der Waals surface area contributed by atoms with Gasteiger partial charge in [-0.05, 0) is 31.5 Å². The van der Waals surface area contributed by atoms with Crippen LogP contribution in [0.4, 0.5) is 4.79 Å². The second kappa shape index (κ2) is 7.69. The molecule has 0 unspecified atom stereocenters. The fourth-order valence-corrected chi connectivity index (χ4v) is 3.20. The fourth-order valence-electron chi connectivity index (χ4n) is 3.20. The summed E-state index contributed by atoms with van der Waals surface area (Å²) >= 11 is 0. The van der Waals surface area contributed by atoms with Crippen molar-refractivity contribution in [1.29, 1.82) is 0 Å². The van der Waals surface area contributed by atoms with Crippen molar-refractivity contribution in [2.24, 2.45) is 0 Å². The monoisotopic (exact) mass is 374 g/mol. The van der Waals surface area contributed by atoms with E-state index in [-0.39, 0.29) is 29.8 Å². The number of hydrogen-bond donors (Lipinski definition) is 1. The second-order valence-corrected chi connectivity index (χ2v) is 6.42. The van der Waals surface area contributed by atoms with E-state index in [9.17, 15) is 19.5 Å². The molecule has 1 N–H and O–H groups in total. The van der Waals surface area contributed by atoms with Gasteiger partial charge in [0.05, 0.1) is 18.6 Å². The van der Waals surface area contributed by atoms with Crippen molar-refractivity contribution in [1.82, 2.24) is 9.80 Å². The van der Waals surface area contributed by atoms with Crippen molar-refractivity contribution in [2.45, 2.75) is 20.3 Å². The molecule has 1 aliphatic rings. The molecule has 2 heterocycles. The molecule has 0 radical (unpaired) electrons. The van der Waals surface area contributed by atoms with Crippen LogP contribution in [0, 0.1) is 6.92 Å². The molecule has 1 aliphatic heterocycles. The summed E-state index contributed by atoms with van der Waals surface area (Å²) in [6.07, 6.45) is -0.441. The molecule has 27 heavy (non-hydrogen) atoms. The van der Waals surface area contributed by atoms with Crippen molar-refractivity contribution in [3.05, 3.63) is 39.7 Å². The van der Waals surface area contributed by atoms with E-state index < -0.39 is 5.63 Å². The van der Waals surface area contributed by atoms with E-state index in [4.69, 9.17) is 9.15 Å². The van der Waals surface area contributed by atoms with Gasteiger partial charge >= 0.3 is 11.7 Å². The van der Waals surface area contributed by atoms with Gasteiger partial charge < -0.3 is 24.1 Å². The summed E-state index contributed by atoms with van der Waals surface area (Å²) in [7, 11) is 0. The molecule has 0 saturated carbocycles. The van der Waals surface area contributed by atoms with Gasteiger partial charge in [-0.25, -0.2) is 9.59 Å². The lowest BCUT2D eigenvalue weighted by molar-refractivity contribution is -0.132. The largest absolute Gasteiger partial charge is 0.508 e. The van der Waals surface area contributed by atoms with Gasteiger partial charge in [-0.15, -0.1) is 0 Å². The number of phenols is 1. The quantitative estimate of drug-likeness (QED) is 0.820. The summed E-state index contributed by atoms with van der Waals surface area (Å²) in [5, 5.41) is 10.2. The van der Waals surface area contributed by atoms with E-state index in [1.807, 2.05) is 0 Å². The van der Waals surface area contributed by atoms with E-state index in [0.717, 1.165) is 0 Å². The number of aromatic hydroxyl groups is 1. The first-order chi connectivity index (χ1) is 12.9. The molecule has 0 bridgehead atoms. The molecule has 2 amide bonds. The second-order valence-electron chi connectivity index (χ2n) is 6.42. The van der Waals surface area contributed by atoms with Crippen LogP contribution in [0.3, 0.4) is 0 Å². The molecule has 8 nitrogen and oxygen atoms in total. The minimum Gasteiger partial charge on any atom is -0.508 e. The van der Waals surface area contributed by atoms with Crippen molar-refractivity contribution >= 4 is 23.0 Å². The summed E-state index contributed by atoms with van der Waals surface area (Å²) < 4.78 is 10.2. The van der Waals surface area contributed by atoms with E-state index in [0.29, 0.717) is 49.3 Å². The highest BCUT2D eigenvalue weighted by Gasteiger charge is 2.26. The van der Waals surface area contributed by atoms with E-state index >= 15 is 0 Å². The number of amides is 2. The maximum absolute atomic E-state index is 12.6. The Balaban J connectivity index is 1.73. The molecular weight excluding hydrogens is 352 g/mol. The van der Waals surface area contributed by atoms with Crippen molar-refractivity contribution in [3.8, 4) is 5.75 Å². The Kier molecular flexibility index (Phi) is 5.34. The number of aryl methyl sites for hydroxylation is 1. The van der Waals surface area contributed by atoms with E-state index in [1.165, 1.54) is 12.1 Å².